The second-order valence-electron chi connectivity index (χ2n) is 6.70. The van der Waals surface area contributed by atoms with Crippen LogP contribution < -0.4 is 4.74 Å². The Morgan fingerprint density at radius 2 is 1.86 bits per heavy atom. The third-order valence-corrected chi connectivity index (χ3v) is 4.63. The minimum Gasteiger partial charge on any atom is -0.490 e. The number of carboxylic acid groups (broad SMARTS) is 1. The summed E-state index contributed by atoms with van der Waals surface area (Å²) in [6, 6.07) is 5.18. The number of hydrogen-bond donors (Lipinski definition) is 1. The second kappa shape index (κ2) is 9.91. The van der Waals surface area contributed by atoms with Gasteiger partial charge in [0.2, 0.25) is 5.91 Å². The number of aliphatic carboxylic acids is 1. The van der Waals surface area contributed by atoms with Crippen LogP contribution >= 0.6 is 0 Å². The Morgan fingerprint density at radius 1 is 1.17 bits per heavy atom. The van der Waals surface area contributed by atoms with Crippen molar-refractivity contribution in [2.75, 3.05) is 19.7 Å². The first-order chi connectivity index (χ1) is 13.8. The van der Waals surface area contributed by atoms with Gasteiger partial charge in [-0.15, -0.1) is 0 Å². The minimum absolute atomic E-state index is 0.00733. The zero-order chi connectivity index (χ0) is 21.6. The lowest BCUT2D eigenvalue weighted by Crippen LogP contribution is -2.28. The third kappa shape index (κ3) is 5.47. The summed E-state index contributed by atoms with van der Waals surface area (Å²) >= 11 is 0. The average Bonchev–Trinajstić information content (AvgIpc) is 3.11. The molecule has 1 N–H and O–H groups in total. The van der Waals surface area contributed by atoms with Gasteiger partial charge in [0.05, 0.1) is 6.61 Å². The summed E-state index contributed by atoms with van der Waals surface area (Å²) in [5, 5.41) is 9.42. The Bertz CT molecular complexity index is 936. The summed E-state index contributed by atoms with van der Waals surface area (Å²) in [4.78, 5) is 36.6. The quantitative estimate of drug-likeness (QED) is 0.365. The van der Waals surface area contributed by atoms with E-state index in [2.05, 4.69) is 0 Å². The van der Waals surface area contributed by atoms with E-state index in [1.165, 1.54) is 6.92 Å². The first-order valence-corrected chi connectivity index (χ1v) is 9.68. The summed E-state index contributed by atoms with van der Waals surface area (Å²) in [6.07, 6.45) is 1.94. The molecule has 1 heterocycles. The van der Waals surface area contributed by atoms with Gasteiger partial charge in [0.1, 0.15) is 0 Å². The molecule has 2 aromatic rings. The average molecular weight is 401 g/mol. The van der Waals surface area contributed by atoms with Gasteiger partial charge in [-0.3, -0.25) is 14.4 Å². The van der Waals surface area contributed by atoms with E-state index in [-0.39, 0.29) is 30.5 Å². The Hall–Kier alpha value is -3.09. The van der Waals surface area contributed by atoms with Gasteiger partial charge in [-0.1, -0.05) is 6.07 Å². The first-order valence-electron chi connectivity index (χ1n) is 9.68. The Labute approximate surface area is 169 Å². The van der Waals surface area contributed by atoms with Crippen LogP contribution in [-0.2, 0) is 9.59 Å². The Balaban J connectivity index is 2.41. The largest absolute Gasteiger partial charge is 0.490 e. The molecule has 2 rings (SSSR count). The molecule has 0 aliphatic rings. The van der Waals surface area contributed by atoms with Crippen molar-refractivity contribution in [2.24, 2.45) is 0 Å². The number of ketones is 1. The highest BCUT2D eigenvalue weighted by Gasteiger charge is 2.17. The van der Waals surface area contributed by atoms with E-state index in [1.54, 1.807) is 23.1 Å². The van der Waals surface area contributed by atoms with Crippen LogP contribution in [-0.4, -0.2) is 47.4 Å². The SMILES string of the molecule is CCN(CC)C(=O)/C=C(\C)c1ccc(OCCCC(=O)O)c2oc(C(C)=O)cc12. The highest BCUT2D eigenvalue weighted by Crippen LogP contribution is 2.35. The van der Waals surface area contributed by atoms with E-state index in [9.17, 15) is 14.4 Å². The fraction of sp³-hybridized carbons (Fsp3) is 0.409. The predicted octanol–water partition coefficient (Wildman–Crippen LogP) is 4.15. The van der Waals surface area contributed by atoms with Crippen LogP contribution in [0.25, 0.3) is 16.5 Å². The summed E-state index contributed by atoms with van der Waals surface area (Å²) in [6.45, 7) is 8.56. The molecule has 156 valence electrons. The number of rotatable bonds is 10. The highest BCUT2D eigenvalue weighted by atomic mass is 16.5. The number of hydrogen-bond acceptors (Lipinski definition) is 5. The maximum atomic E-state index is 12.4. The van der Waals surface area contributed by atoms with Gasteiger partial charge in [-0.25, -0.2) is 0 Å². The van der Waals surface area contributed by atoms with Gasteiger partial charge >= 0.3 is 5.97 Å². The van der Waals surface area contributed by atoms with Crippen molar-refractivity contribution >= 4 is 34.2 Å². The maximum Gasteiger partial charge on any atom is 0.303 e. The van der Waals surface area contributed by atoms with E-state index >= 15 is 0 Å². The standard InChI is InChI=1S/C22H27NO6/c1-5-23(6-2)20(25)12-14(3)16-9-10-18(28-11-7-8-21(26)27)22-17(16)13-19(29-22)15(4)24/h9-10,12-13H,5-8,11H2,1-4H3,(H,26,27)/b14-12+. The molecule has 1 aromatic heterocycles. The summed E-state index contributed by atoms with van der Waals surface area (Å²) in [5.74, 6) is -0.547. The monoisotopic (exact) mass is 401 g/mol. The second-order valence-corrected chi connectivity index (χ2v) is 6.70. The number of allylic oxidation sites excluding steroid dienone is 1. The topological polar surface area (TPSA) is 97.1 Å². The van der Waals surface area contributed by atoms with Crippen LogP contribution in [0.15, 0.2) is 28.7 Å². The first kappa shape index (κ1) is 22.2. The number of likely N-dealkylation sites (N-methyl/N-ethyl adjacent to an activating group) is 1. The minimum atomic E-state index is -0.885. The summed E-state index contributed by atoms with van der Waals surface area (Å²) < 4.78 is 11.4. The molecule has 7 nitrogen and oxygen atoms in total. The lowest BCUT2D eigenvalue weighted by atomic mass is 10.0. The number of carboxylic acids is 1. The van der Waals surface area contributed by atoms with Crippen LogP contribution in [0.5, 0.6) is 5.75 Å². The highest BCUT2D eigenvalue weighted by molar-refractivity contribution is 6.03. The number of fused-ring (bicyclic) bond motifs is 1. The van der Waals surface area contributed by atoms with Crippen molar-refractivity contribution in [1.82, 2.24) is 4.90 Å². The van der Waals surface area contributed by atoms with Crippen LogP contribution in [0.3, 0.4) is 0 Å². The molecule has 0 saturated carbocycles. The number of carbonyl (C=O) groups is 3. The summed E-state index contributed by atoms with van der Waals surface area (Å²) in [7, 11) is 0. The molecule has 0 aliphatic heterocycles. The van der Waals surface area contributed by atoms with Crippen LogP contribution in [0.1, 0.15) is 56.7 Å². The zero-order valence-electron chi connectivity index (χ0n) is 17.3. The van der Waals surface area contributed by atoms with Gasteiger partial charge < -0.3 is 19.2 Å². The molecule has 0 saturated heterocycles. The lowest BCUT2D eigenvalue weighted by molar-refractivity contribution is -0.137. The van der Waals surface area contributed by atoms with E-state index in [1.807, 2.05) is 26.8 Å². The zero-order valence-corrected chi connectivity index (χ0v) is 17.3. The number of furan rings is 1. The van der Waals surface area contributed by atoms with Crippen molar-refractivity contribution in [3.05, 3.63) is 35.6 Å². The van der Waals surface area contributed by atoms with Gasteiger partial charge in [-0.2, -0.15) is 0 Å². The van der Waals surface area contributed by atoms with E-state index in [0.29, 0.717) is 36.2 Å². The normalized spacial score (nSPS) is 11.5. The molecule has 29 heavy (non-hydrogen) atoms. The number of nitrogens with zero attached hydrogens (tertiary/aromatic N) is 1. The molecular weight excluding hydrogens is 374 g/mol. The molecule has 0 bridgehead atoms. The number of ether oxygens (including phenoxy) is 1. The Kier molecular flexibility index (Phi) is 7.59. The molecule has 0 radical (unpaired) electrons. The van der Waals surface area contributed by atoms with E-state index < -0.39 is 5.97 Å². The lowest BCUT2D eigenvalue weighted by Gasteiger charge is -2.17. The van der Waals surface area contributed by atoms with Gasteiger partial charge in [0.15, 0.2) is 22.9 Å². The fourth-order valence-corrected chi connectivity index (χ4v) is 3.02. The molecule has 1 aromatic carbocycles. The summed E-state index contributed by atoms with van der Waals surface area (Å²) in [5.41, 5.74) is 1.93. The molecule has 0 atom stereocenters. The van der Waals surface area contributed by atoms with Crippen LogP contribution in [0.4, 0.5) is 0 Å². The van der Waals surface area contributed by atoms with Crippen LogP contribution in [0, 0.1) is 0 Å². The number of benzene rings is 1. The van der Waals surface area contributed by atoms with Gasteiger partial charge in [-0.05, 0) is 50.5 Å². The molecule has 0 spiro atoms. The molecule has 7 heteroatoms. The number of amides is 1. The van der Waals surface area contributed by atoms with Crippen molar-refractivity contribution in [3.8, 4) is 5.75 Å². The van der Waals surface area contributed by atoms with Crippen LogP contribution in [0.2, 0.25) is 0 Å². The maximum absolute atomic E-state index is 12.4. The van der Waals surface area contributed by atoms with Crippen molar-refractivity contribution in [2.45, 2.75) is 40.5 Å². The number of carbonyl (C=O) groups excluding carboxylic acids is 2. The molecule has 0 aliphatic carbocycles. The van der Waals surface area contributed by atoms with E-state index in [0.717, 1.165) is 11.1 Å². The Morgan fingerprint density at radius 3 is 2.45 bits per heavy atom. The van der Waals surface area contributed by atoms with Crippen molar-refractivity contribution < 1.29 is 28.6 Å². The molecule has 0 unspecified atom stereocenters. The third-order valence-electron chi connectivity index (χ3n) is 4.63. The number of Topliss-reactive ketones (excluding diaryl/α,β-unsaturated/α-hetero) is 1. The van der Waals surface area contributed by atoms with E-state index in [4.69, 9.17) is 14.3 Å². The molecule has 1 amide bonds. The van der Waals surface area contributed by atoms with Crippen molar-refractivity contribution in [3.63, 3.8) is 0 Å². The fourth-order valence-electron chi connectivity index (χ4n) is 3.02. The predicted molar refractivity (Wildman–Crippen MR) is 110 cm³/mol. The van der Waals surface area contributed by atoms with Crippen molar-refractivity contribution in [1.29, 1.82) is 0 Å². The smallest absolute Gasteiger partial charge is 0.303 e. The van der Waals surface area contributed by atoms with Gasteiger partial charge in [0, 0.05) is 37.9 Å². The molecular formula is C22H27NO6. The molecule has 0 fully saturated rings. The van der Waals surface area contributed by atoms with Gasteiger partial charge in [0.25, 0.3) is 0 Å².